The molecule has 0 radical (unpaired) electrons. The van der Waals surface area contributed by atoms with E-state index >= 15 is 0 Å². The minimum Gasteiger partial charge on any atom is -0.388 e. The summed E-state index contributed by atoms with van der Waals surface area (Å²) in [5.74, 6) is 0. The van der Waals surface area contributed by atoms with Gasteiger partial charge >= 0.3 is 0 Å². The van der Waals surface area contributed by atoms with Gasteiger partial charge in [0, 0.05) is 0 Å². The lowest BCUT2D eigenvalue weighted by Gasteiger charge is -2.12. The summed E-state index contributed by atoms with van der Waals surface area (Å²) in [5.41, 5.74) is 2.25. The van der Waals surface area contributed by atoms with Crippen LogP contribution in [0.25, 0.3) is 0 Å². The summed E-state index contributed by atoms with van der Waals surface area (Å²) in [6, 6.07) is 8.00. The fraction of sp³-hybridized carbons (Fsp3) is 0.333. The number of rotatable bonds is 4. The molecule has 0 aliphatic carbocycles. The van der Waals surface area contributed by atoms with E-state index in [9.17, 15) is 5.11 Å². The molecule has 70 valence electrons. The molecule has 0 bridgehead atoms. The standard InChI is InChI=1S/C12H16O/c1-3-7-12(13)11-9-6-5-8-10(11)4-2/h3,5-6,8-9,12-13H,1,4,7H2,2H3/t12-/m1/s1. The predicted molar refractivity (Wildman–Crippen MR) is 55.6 cm³/mol. The average molecular weight is 176 g/mol. The highest BCUT2D eigenvalue weighted by atomic mass is 16.3. The Labute approximate surface area is 79.7 Å². The zero-order valence-corrected chi connectivity index (χ0v) is 8.03. The van der Waals surface area contributed by atoms with Crippen LogP contribution >= 0.6 is 0 Å². The zero-order valence-electron chi connectivity index (χ0n) is 8.03. The third-order valence-electron chi connectivity index (χ3n) is 2.18. The number of benzene rings is 1. The van der Waals surface area contributed by atoms with E-state index in [4.69, 9.17) is 0 Å². The summed E-state index contributed by atoms with van der Waals surface area (Å²) in [4.78, 5) is 0. The Morgan fingerprint density at radius 2 is 2.15 bits per heavy atom. The van der Waals surface area contributed by atoms with Crippen molar-refractivity contribution in [2.24, 2.45) is 0 Å². The molecule has 0 saturated carbocycles. The van der Waals surface area contributed by atoms with Gasteiger partial charge in [0.1, 0.15) is 0 Å². The van der Waals surface area contributed by atoms with E-state index in [0.29, 0.717) is 6.42 Å². The Hall–Kier alpha value is -1.08. The highest BCUT2D eigenvalue weighted by Crippen LogP contribution is 2.21. The van der Waals surface area contributed by atoms with Gasteiger partial charge in [0.15, 0.2) is 0 Å². The molecular formula is C12H16O. The van der Waals surface area contributed by atoms with E-state index in [1.165, 1.54) is 5.56 Å². The van der Waals surface area contributed by atoms with Crippen molar-refractivity contribution >= 4 is 0 Å². The summed E-state index contributed by atoms with van der Waals surface area (Å²) >= 11 is 0. The SMILES string of the molecule is C=CC[C@@H](O)c1ccccc1CC. The fourth-order valence-corrected chi connectivity index (χ4v) is 1.47. The number of aliphatic hydroxyl groups is 1. The molecule has 1 atom stereocenters. The van der Waals surface area contributed by atoms with Crippen LogP contribution in [0.2, 0.25) is 0 Å². The smallest absolute Gasteiger partial charge is 0.0827 e. The first-order chi connectivity index (χ1) is 6.29. The average Bonchev–Trinajstić information content (AvgIpc) is 2.18. The molecule has 1 heteroatoms. The van der Waals surface area contributed by atoms with Gasteiger partial charge < -0.3 is 5.11 Å². The summed E-state index contributed by atoms with van der Waals surface area (Å²) in [7, 11) is 0. The molecule has 0 saturated heterocycles. The van der Waals surface area contributed by atoms with Gasteiger partial charge in [-0.05, 0) is 24.0 Å². The Balaban J connectivity index is 2.91. The fourth-order valence-electron chi connectivity index (χ4n) is 1.47. The van der Waals surface area contributed by atoms with Crippen LogP contribution in [0.15, 0.2) is 36.9 Å². The van der Waals surface area contributed by atoms with Crippen molar-refractivity contribution in [3.05, 3.63) is 48.0 Å². The molecule has 0 unspecified atom stereocenters. The molecule has 0 aromatic heterocycles. The van der Waals surface area contributed by atoms with Gasteiger partial charge in [0.05, 0.1) is 6.10 Å². The summed E-state index contributed by atoms with van der Waals surface area (Å²) in [5, 5.41) is 9.76. The van der Waals surface area contributed by atoms with E-state index in [0.717, 1.165) is 12.0 Å². The molecule has 1 aromatic carbocycles. The monoisotopic (exact) mass is 176 g/mol. The van der Waals surface area contributed by atoms with Gasteiger partial charge in [0.25, 0.3) is 0 Å². The number of aliphatic hydroxyl groups excluding tert-OH is 1. The lowest BCUT2D eigenvalue weighted by atomic mass is 9.99. The first kappa shape index (κ1) is 10.0. The van der Waals surface area contributed by atoms with Crippen molar-refractivity contribution in [2.45, 2.75) is 25.9 Å². The van der Waals surface area contributed by atoms with Crippen LogP contribution in [0.5, 0.6) is 0 Å². The van der Waals surface area contributed by atoms with Crippen LogP contribution in [-0.4, -0.2) is 5.11 Å². The van der Waals surface area contributed by atoms with Gasteiger partial charge in [-0.2, -0.15) is 0 Å². The minimum atomic E-state index is -0.395. The Morgan fingerprint density at radius 3 is 2.77 bits per heavy atom. The Kier molecular flexibility index (Phi) is 3.71. The van der Waals surface area contributed by atoms with E-state index in [1.807, 2.05) is 18.2 Å². The molecule has 0 aliphatic heterocycles. The Morgan fingerprint density at radius 1 is 1.46 bits per heavy atom. The van der Waals surface area contributed by atoms with Gasteiger partial charge in [-0.25, -0.2) is 0 Å². The number of aryl methyl sites for hydroxylation is 1. The maximum Gasteiger partial charge on any atom is 0.0827 e. The van der Waals surface area contributed by atoms with Crippen LogP contribution in [0.1, 0.15) is 30.6 Å². The second-order valence-corrected chi connectivity index (χ2v) is 3.09. The molecule has 0 amide bonds. The van der Waals surface area contributed by atoms with Crippen LogP contribution in [0.4, 0.5) is 0 Å². The van der Waals surface area contributed by atoms with Crippen molar-refractivity contribution in [3.63, 3.8) is 0 Å². The molecule has 0 fully saturated rings. The Bertz CT molecular complexity index is 278. The maximum absolute atomic E-state index is 9.76. The van der Waals surface area contributed by atoms with E-state index in [-0.39, 0.29) is 0 Å². The molecule has 1 aromatic rings. The molecule has 0 heterocycles. The number of hydrogen-bond donors (Lipinski definition) is 1. The predicted octanol–water partition coefficient (Wildman–Crippen LogP) is 2.86. The highest BCUT2D eigenvalue weighted by molar-refractivity contribution is 5.29. The van der Waals surface area contributed by atoms with Crippen LogP contribution < -0.4 is 0 Å². The van der Waals surface area contributed by atoms with Gasteiger partial charge in [-0.1, -0.05) is 37.3 Å². The summed E-state index contributed by atoms with van der Waals surface area (Å²) < 4.78 is 0. The minimum absolute atomic E-state index is 0.395. The van der Waals surface area contributed by atoms with Gasteiger partial charge in [-0.15, -0.1) is 6.58 Å². The molecule has 1 nitrogen and oxygen atoms in total. The molecule has 0 spiro atoms. The van der Waals surface area contributed by atoms with Crippen LogP contribution in [0, 0.1) is 0 Å². The second-order valence-electron chi connectivity index (χ2n) is 3.09. The second kappa shape index (κ2) is 4.83. The van der Waals surface area contributed by atoms with Crippen molar-refractivity contribution < 1.29 is 5.11 Å². The van der Waals surface area contributed by atoms with E-state index < -0.39 is 6.10 Å². The topological polar surface area (TPSA) is 20.2 Å². The van der Waals surface area contributed by atoms with E-state index in [1.54, 1.807) is 6.08 Å². The van der Waals surface area contributed by atoms with Crippen molar-refractivity contribution in [1.82, 2.24) is 0 Å². The summed E-state index contributed by atoms with van der Waals surface area (Å²) in [6.45, 7) is 5.72. The lowest BCUT2D eigenvalue weighted by molar-refractivity contribution is 0.180. The largest absolute Gasteiger partial charge is 0.388 e. The quantitative estimate of drug-likeness (QED) is 0.699. The van der Waals surface area contributed by atoms with Crippen molar-refractivity contribution in [1.29, 1.82) is 0 Å². The number of hydrogen-bond acceptors (Lipinski definition) is 1. The molecular weight excluding hydrogens is 160 g/mol. The summed E-state index contributed by atoms with van der Waals surface area (Å²) in [6.07, 6.45) is 2.94. The maximum atomic E-state index is 9.76. The van der Waals surface area contributed by atoms with E-state index in [2.05, 4.69) is 19.6 Å². The third-order valence-corrected chi connectivity index (χ3v) is 2.18. The van der Waals surface area contributed by atoms with Gasteiger partial charge in [0.2, 0.25) is 0 Å². The normalized spacial score (nSPS) is 12.5. The first-order valence-corrected chi connectivity index (χ1v) is 4.66. The molecule has 1 N–H and O–H groups in total. The molecule has 13 heavy (non-hydrogen) atoms. The van der Waals surface area contributed by atoms with Crippen LogP contribution in [0.3, 0.4) is 0 Å². The first-order valence-electron chi connectivity index (χ1n) is 4.66. The van der Waals surface area contributed by atoms with Gasteiger partial charge in [-0.3, -0.25) is 0 Å². The third kappa shape index (κ3) is 2.43. The highest BCUT2D eigenvalue weighted by Gasteiger charge is 2.08. The zero-order chi connectivity index (χ0) is 9.68. The molecule has 1 rings (SSSR count). The van der Waals surface area contributed by atoms with Crippen LogP contribution in [-0.2, 0) is 6.42 Å². The lowest BCUT2D eigenvalue weighted by Crippen LogP contribution is -1.99. The van der Waals surface area contributed by atoms with Crippen molar-refractivity contribution in [3.8, 4) is 0 Å². The molecule has 0 aliphatic rings. The van der Waals surface area contributed by atoms with Crippen molar-refractivity contribution in [2.75, 3.05) is 0 Å².